The minimum atomic E-state index is -0.782. The van der Waals surface area contributed by atoms with Crippen molar-refractivity contribution >= 4 is 0 Å². The third kappa shape index (κ3) is 0.540. The highest BCUT2D eigenvalue weighted by atomic mass is 19.2. The van der Waals surface area contributed by atoms with Crippen LogP contribution in [0.25, 0.3) is 0 Å². The van der Waals surface area contributed by atoms with Gasteiger partial charge in [-0.05, 0) is 0 Å². The van der Waals surface area contributed by atoms with Gasteiger partial charge in [-0.2, -0.15) is 9.78 Å². The van der Waals surface area contributed by atoms with E-state index in [1.807, 2.05) is 0 Å². The minimum absolute atomic E-state index is 0.782. The lowest BCUT2D eigenvalue weighted by Crippen LogP contribution is -2.01. The third-order valence-electron chi connectivity index (χ3n) is 0.282. The summed E-state index contributed by atoms with van der Waals surface area (Å²) in [4.78, 5) is 7.74. The summed E-state index contributed by atoms with van der Waals surface area (Å²) in [6.07, 6.45) is -0.782. The van der Waals surface area contributed by atoms with Gasteiger partial charge in [-0.25, -0.2) is 0 Å². The SMILES string of the molecule is FNC1OO1. The number of rotatable bonds is 1. The molecule has 0 aromatic heterocycles. The number of halogens is 1. The van der Waals surface area contributed by atoms with Crippen molar-refractivity contribution in [2.45, 2.75) is 6.41 Å². The van der Waals surface area contributed by atoms with Gasteiger partial charge in [0.05, 0.1) is 0 Å². The van der Waals surface area contributed by atoms with E-state index in [0.717, 1.165) is 0 Å². The molecule has 1 fully saturated rings. The van der Waals surface area contributed by atoms with E-state index in [1.165, 1.54) is 5.54 Å². The summed E-state index contributed by atoms with van der Waals surface area (Å²) in [5.41, 5.74) is 1.19. The molecule has 1 saturated heterocycles. The van der Waals surface area contributed by atoms with Crippen LogP contribution in [0.2, 0.25) is 0 Å². The van der Waals surface area contributed by atoms with Gasteiger partial charge in [0.25, 0.3) is 0 Å². The first-order valence-electron chi connectivity index (χ1n) is 1.12. The Morgan fingerprint density at radius 2 is 2.20 bits per heavy atom. The normalized spacial score (nSPS) is 23.4. The molecule has 0 aliphatic carbocycles. The number of hydrogen-bond donors (Lipinski definition) is 1. The molecule has 0 saturated carbocycles. The van der Waals surface area contributed by atoms with Crippen molar-refractivity contribution in [1.82, 2.24) is 5.54 Å². The fourth-order valence-electron chi connectivity index (χ4n) is 0.0641. The van der Waals surface area contributed by atoms with Crippen LogP contribution in [-0.2, 0) is 9.78 Å². The van der Waals surface area contributed by atoms with Gasteiger partial charge in [0.15, 0.2) is 0 Å². The van der Waals surface area contributed by atoms with Crippen LogP contribution in [0.3, 0.4) is 0 Å². The first kappa shape index (κ1) is 3.02. The van der Waals surface area contributed by atoms with Gasteiger partial charge in [0, 0.05) is 0 Å². The van der Waals surface area contributed by atoms with Gasteiger partial charge in [-0.1, -0.05) is 0 Å². The van der Waals surface area contributed by atoms with Crippen LogP contribution >= 0.6 is 0 Å². The average molecular weight is 79.0 g/mol. The van der Waals surface area contributed by atoms with Crippen LogP contribution in [-0.4, -0.2) is 6.41 Å². The zero-order valence-electron chi connectivity index (χ0n) is 2.27. The molecular formula is CH2FNO2. The van der Waals surface area contributed by atoms with Crippen molar-refractivity contribution in [3.63, 3.8) is 0 Å². The van der Waals surface area contributed by atoms with Gasteiger partial charge in [0.2, 0.25) is 0 Å². The molecule has 5 heavy (non-hydrogen) atoms. The maximum atomic E-state index is 10.7. The Morgan fingerprint density at radius 3 is 2.20 bits per heavy atom. The second kappa shape index (κ2) is 0.891. The Morgan fingerprint density at radius 1 is 1.60 bits per heavy atom. The van der Waals surface area contributed by atoms with Gasteiger partial charge in [-0.3, -0.25) is 0 Å². The predicted molar refractivity (Wildman–Crippen MR) is 10.2 cm³/mol. The van der Waals surface area contributed by atoms with Gasteiger partial charge in [0.1, 0.15) is 0 Å². The molecule has 1 aliphatic rings. The molecule has 3 nitrogen and oxygen atoms in total. The quantitative estimate of drug-likeness (QED) is 0.266. The van der Waals surface area contributed by atoms with Crippen LogP contribution in [0, 0.1) is 0 Å². The van der Waals surface area contributed by atoms with Crippen molar-refractivity contribution in [1.29, 1.82) is 0 Å². The first-order chi connectivity index (χ1) is 2.43. The lowest BCUT2D eigenvalue weighted by atomic mass is 11.3. The highest BCUT2D eigenvalue weighted by Crippen LogP contribution is 2.05. The molecule has 1 N–H and O–H groups in total. The van der Waals surface area contributed by atoms with Crippen molar-refractivity contribution in [3.05, 3.63) is 0 Å². The van der Waals surface area contributed by atoms with E-state index in [2.05, 4.69) is 9.78 Å². The largest absolute Gasteiger partial charge is 0.302 e. The van der Waals surface area contributed by atoms with E-state index < -0.39 is 6.41 Å². The van der Waals surface area contributed by atoms with Gasteiger partial charge < -0.3 is 0 Å². The Kier molecular flexibility index (Phi) is 0.538. The maximum absolute atomic E-state index is 10.7. The average Bonchev–Trinajstić information content (AvgIpc) is 2.12. The first-order valence-corrected chi connectivity index (χ1v) is 1.12. The summed E-state index contributed by atoms with van der Waals surface area (Å²) in [5.74, 6) is 0. The van der Waals surface area contributed by atoms with Gasteiger partial charge in [-0.15, -0.1) is 10.0 Å². The lowest BCUT2D eigenvalue weighted by Gasteiger charge is -1.64. The summed E-state index contributed by atoms with van der Waals surface area (Å²) in [7, 11) is 0. The number of nitrogens with one attached hydrogen (secondary N) is 1. The Labute approximate surface area is 27.5 Å². The van der Waals surface area contributed by atoms with Crippen LogP contribution in [0.5, 0.6) is 0 Å². The number of hydrogen-bond acceptors (Lipinski definition) is 3. The second-order valence-electron chi connectivity index (χ2n) is 0.633. The van der Waals surface area contributed by atoms with Gasteiger partial charge >= 0.3 is 6.41 Å². The van der Waals surface area contributed by atoms with Crippen molar-refractivity contribution in [3.8, 4) is 0 Å². The summed E-state index contributed by atoms with van der Waals surface area (Å²) < 4.78 is 10.7. The fourth-order valence-corrected chi connectivity index (χ4v) is 0.0641. The van der Waals surface area contributed by atoms with Crippen LogP contribution in [0.15, 0.2) is 0 Å². The molecule has 0 bridgehead atoms. The maximum Gasteiger partial charge on any atom is 0.302 e. The summed E-state index contributed by atoms with van der Waals surface area (Å²) in [6, 6.07) is 0. The monoisotopic (exact) mass is 79.0 g/mol. The molecule has 0 radical (unpaired) electrons. The van der Waals surface area contributed by atoms with E-state index >= 15 is 0 Å². The minimum Gasteiger partial charge on any atom is -0.178 e. The third-order valence-corrected chi connectivity index (χ3v) is 0.282. The molecule has 1 heterocycles. The zero-order chi connectivity index (χ0) is 3.70. The Balaban J connectivity index is 2.00. The second-order valence-corrected chi connectivity index (χ2v) is 0.633. The molecule has 0 amide bonds. The highest BCUT2D eigenvalue weighted by molar-refractivity contribution is 4.24. The predicted octanol–water partition coefficient (Wildman–Crippen LogP) is -0.294. The molecule has 0 unspecified atom stereocenters. The molecule has 4 heteroatoms. The summed E-state index contributed by atoms with van der Waals surface area (Å²) in [6.45, 7) is 0. The molecule has 1 aliphatic heterocycles. The fraction of sp³-hybridized carbons (Fsp3) is 1.00. The smallest absolute Gasteiger partial charge is 0.178 e. The van der Waals surface area contributed by atoms with Crippen molar-refractivity contribution < 1.29 is 14.3 Å². The topological polar surface area (TPSA) is 37.1 Å². The molecule has 0 spiro atoms. The van der Waals surface area contributed by atoms with Crippen LogP contribution < -0.4 is 5.54 Å². The van der Waals surface area contributed by atoms with Crippen molar-refractivity contribution in [2.24, 2.45) is 0 Å². The molecular weight excluding hydrogens is 77.0 g/mol. The van der Waals surface area contributed by atoms with E-state index in [1.54, 1.807) is 0 Å². The molecule has 30 valence electrons. The highest BCUT2D eigenvalue weighted by Gasteiger charge is 2.24. The summed E-state index contributed by atoms with van der Waals surface area (Å²) >= 11 is 0. The van der Waals surface area contributed by atoms with E-state index in [0.29, 0.717) is 0 Å². The van der Waals surface area contributed by atoms with Crippen molar-refractivity contribution in [2.75, 3.05) is 0 Å². The standard InChI is InChI=1S/CH2FNO2/c2-3-1-4-5-1/h1,3H. The Bertz CT molecular complexity index is 36.6. The van der Waals surface area contributed by atoms with E-state index in [9.17, 15) is 4.48 Å². The van der Waals surface area contributed by atoms with Crippen LogP contribution in [0.4, 0.5) is 4.48 Å². The summed E-state index contributed by atoms with van der Waals surface area (Å²) in [5, 5.41) is 0. The Hall–Kier alpha value is -0.190. The van der Waals surface area contributed by atoms with Crippen LogP contribution in [0.1, 0.15) is 0 Å². The van der Waals surface area contributed by atoms with E-state index in [-0.39, 0.29) is 0 Å². The molecule has 0 aromatic carbocycles. The van der Waals surface area contributed by atoms with E-state index in [4.69, 9.17) is 0 Å². The zero-order valence-corrected chi connectivity index (χ0v) is 2.27. The molecule has 1 rings (SSSR count). The molecule has 0 atom stereocenters. The lowest BCUT2D eigenvalue weighted by molar-refractivity contribution is 0.0850. The molecule has 0 aromatic rings.